The Kier molecular flexibility index (Phi) is 6.22. The van der Waals surface area contributed by atoms with E-state index in [4.69, 9.17) is 9.47 Å². The molecular formula is C22H21N3O5S. The number of aryl methyl sites for hydroxylation is 1. The quantitative estimate of drug-likeness (QED) is 0.585. The average Bonchev–Trinajstić information content (AvgIpc) is 3.15. The van der Waals surface area contributed by atoms with E-state index in [0.717, 1.165) is 36.1 Å². The highest BCUT2D eigenvalue weighted by Crippen LogP contribution is 2.38. The summed E-state index contributed by atoms with van der Waals surface area (Å²) in [5.41, 5.74) is 2.61. The van der Waals surface area contributed by atoms with Crippen molar-refractivity contribution in [2.24, 2.45) is 0 Å². The molecular weight excluding hydrogens is 418 g/mol. The summed E-state index contributed by atoms with van der Waals surface area (Å²) in [6, 6.07) is 7.14. The van der Waals surface area contributed by atoms with Gasteiger partial charge in [0.2, 0.25) is 0 Å². The molecule has 0 saturated carbocycles. The highest BCUT2D eigenvalue weighted by Gasteiger charge is 2.27. The third kappa shape index (κ3) is 4.56. The smallest absolute Gasteiger partial charge is 0.359 e. The summed E-state index contributed by atoms with van der Waals surface area (Å²) < 4.78 is 10.3. The molecule has 8 nitrogen and oxygen atoms in total. The van der Waals surface area contributed by atoms with Gasteiger partial charge in [-0.15, -0.1) is 11.3 Å². The monoisotopic (exact) mass is 439 g/mol. The number of nitrogens with zero attached hydrogens (tertiary/aromatic N) is 2. The molecule has 0 unspecified atom stereocenters. The van der Waals surface area contributed by atoms with Crippen LogP contribution in [0, 0.1) is 0 Å². The van der Waals surface area contributed by atoms with E-state index in [2.05, 4.69) is 15.3 Å². The molecule has 1 aliphatic rings. The second-order valence-corrected chi connectivity index (χ2v) is 8.11. The molecule has 9 heteroatoms. The van der Waals surface area contributed by atoms with Crippen molar-refractivity contribution in [3.05, 3.63) is 52.2 Å². The van der Waals surface area contributed by atoms with Crippen molar-refractivity contribution in [1.82, 2.24) is 9.97 Å². The van der Waals surface area contributed by atoms with Crippen LogP contribution in [0.2, 0.25) is 0 Å². The molecule has 1 N–H and O–H groups in total. The second-order valence-electron chi connectivity index (χ2n) is 7.00. The minimum Gasteiger partial charge on any atom is -0.462 e. The minimum atomic E-state index is -0.746. The van der Waals surface area contributed by atoms with Gasteiger partial charge in [0.15, 0.2) is 12.3 Å². The summed E-state index contributed by atoms with van der Waals surface area (Å²) in [6.07, 6.45) is 5.01. The number of esters is 2. The second kappa shape index (κ2) is 9.22. The maximum Gasteiger partial charge on any atom is 0.359 e. The summed E-state index contributed by atoms with van der Waals surface area (Å²) in [7, 11) is 0. The lowest BCUT2D eigenvalue weighted by Crippen LogP contribution is -2.22. The Bertz CT molecular complexity index is 1160. The van der Waals surface area contributed by atoms with E-state index in [1.807, 2.05) is 6.07 Å². The number of carbonyl (C=O) groups is 3. The normalized spacial score (nSPS) is 12.8. The van der Waals surface area contributed by atoms with E-state index >= 15 is 0 Å². The Labute approximate surface area is 182 Å². The topological polar surface area (TPSA) is 107 Å². The Morgan fingerprint density at radius 2 is 1.84 bits per heavy atom. The zero-order chi connectivity index (χ0) is 21.8. The fourth-order valence-electron chi connectivity index (χ4n) is 3.50. The number of hydrogen-bond acceptors (Lipinski definition) is 8. The highest BCUT2D eigenvalue weighted by molar-refractivity contribution is 7.17. The number of amides is 1. The number of nitrogens with one attached hydrogen (secondary N) is 1. The first kappa shape index (κ1) is 20.9. The first-order chi connectivity index (χ1) is 15.1. The van der Waals surface area contributed by atoms with E-state index < -0.39 is 24.5 Å². The van der Waals surface area contributed by atoms with E-state index in [1.54, 1.807) is 25.1 Å². The van der Waals surface area contributed by atoms with Gasteiger partial charge in [-0.3, -0.25) is 9.78 Å². The third-order valence-electron chi connectivity index (χ3n) is 4.90. The molecule has 31 heavy (non-hydrogen) atoms. The summed E-state index contributed by atoms with van der Waals surface area (Å²) in [5, 5.41) is 3.15. The molecule has 0 bridgehead atoms. The van der Waals surface area contributed by atoms with E-state index in [0.29, 0.717) is 21.6 Å². The van der Waals surface area contributed by atoms with Crippen LogP contribution in [0.5, 0.6) is 0 Å². The zero-order valence-corrected chi connectivity index (χ0v) is 17.8. The fraction of sp³-hybridized carbons (Fsp3) is 0.318. The van der Waals surface area contributed by atoms with Crippen molar-refractivity contribution >= 4 is 45.2 Å². The predicted octanol–water partition coefficient (Wildman–Crippen LogP) is 3.54. The van der Waals surface area contributed by atoms with Crippen LogP contribution in [0.4, 0.5) is 5.00 Å². The number of para-hydroxylation sites is 2. The number of carbonyl (C=O) groups excluding carboxylic acids is 3. The average molecular weight is 439 g/mol. The third-order valence-corrected chi connectivity index (χ3v) is 6.10. The highest BCUT2D eigenvalue weighted by atomic mass is 32.1. The molecule has 1 amide bonds. The largest absolute Gasteiger partial charge is 0.462 e. The molecule has 2 aromatic heterocycles. The van der Waals surface area contributed by atoms with Crippen LogP contribution in [0.25, 0.3) is 11.0 Å². The van der Waals surface area contributed by atoms with Crippen molar-refractivity contribution < 1.29 is 23.9 Å². The molecule has 0 saturated heterocycles. The summed E-state index contributed by atoms with van der Waals surface area (Å²) in [6.45, 7) is 1.49. The molecule has 0 atom stereocenters. The SMILES string of the molecule is CCOC(=O)c1c(NC(=O)COC(=O)c2cnc3ccccc3n2)sc2c1CCCC2. The fourth-order valence-corrected chi connectivity index (χ4v) is 4.79. The Hall–Kier alpha value is -3.33. The first-order valence-corrected chi connectivity index (χ1v) is 10.9. The number of rotatable bonds is 6. The number of aromatic nitrogens is 2. The number of anilines is 1. The Morgan fingerprint density at radius 1 is 1.06 bits per heavy atom. The van der Waals surface area contributed by atoms with Crippen molar-refractivity contribution in [2.45, 2.75) is 32.6 Å². The van der Waals surface area contributed by atoms with Gasteiger partial charge in [0.05, 0.1) is 29.4 Å². The van der Waals surface area contributed by atoms with Gasteiger partial charge in [-0.25, -0.2) is 14.6 Å². The predicted molar refractivity (Wildman–Crippen MR) is 115 cm³/mol. The summed E-state index contributed by atoms with van der Waals surface area (Å²) >= 11 is 1.38. The standard InChI is InChI=1S/C22H21N3O5S/c1-2-29-22(28)19-13-7-3-6-10-17(13)31-20(19)25-18(26)12-30-21(27)16-11-23-14-8-4-5-9-15(14)24-16/h4-5,8-9,11H,2-3,6-7,10,12H2,1H3,(H,25,26). The molecule has 3 aromatic rings. The van der Waals surface area contributed by atoms with Crippen LogP contribution in [0.1, 0.15) is 51.1 Å². The number of fused-ring (bicyclic) bond motifs is 2. The van der Waals surface area contributed by atoms with E-state index in [-0.39, 0.29) is 12.3 Å². The van der Waals surface area contributed by atoms with Crippen LogP contribution in [-0.4, -0.2) is 41.0 Å². The van der Waals surface area contributed by atoms with Gasteiger partial charge < -0.3 is 14.8 Å². The van der Waals surface area contributed by atoms with E-state index in [1.165, 1.54) is 17.5 Å². The lowest BCUT2D eigenvalue weighted by atomic mass is 9.95. The van der Waals surface area contributed by atoms with Gasteiger partial charge in [-0.05, 0) is 50.3 Å². The first-order valence-electron chi connectivity index (χ1n) is 10.1. The molecule has 0 radical (unpaired) electrons. The Balaban J connectivity index is 1.44. The number of thiophene rings is 1. The van der Waals surface area contributed by atoms with Crippen LogP contribution in [0.15, 0.2) is 30.5 Å². The van der Waals surface area contributed by atoms with Crippen molar-refractivity contribution in [3.8, 4) is 0 Å². The lowest BCUT2D eigenvalue weighted by Gasteiger charge is -2.12. The number of hydrogen-bond donors (Lipinski definition) is 1. The van der Waals surface area contributed by atoms with Gasteiger partial charge >= 0.3 is 11.9 Å². The molecule has 0 aliphatic heterocycles. The van der Waals surface area contributed by atoms with Crippen LogP contribution in [-0.2, 0) is 27.1 Å². The maximum absolute atomic E-state index is 12.5. The molecule has 160 valence electrons. The lowest BCUT2D eigenvalue weighted by molar-refractivity contribution is -0.119. The van der Waals surface area contributed by atoms with Gasteiger partial charge in [0.1, 0.15) is 5.00 Å². The summed E-state index contributed by atoms with van der Waals surface area (Å²) in [4.78, 5) is 46.7. The molecule has 1 aliphatic carbocycles. The van der Waals surface area contributed by atoms with Crippen molar-refractivity contribution in [3.63, 3.8) is 0 Å². The number of ether oxygens (including phenoxy) is 2. The number of benzene rings is 1. The van der Waals surface area contributed by atoms with E-state index in [9.17, 15) is 14.4 Å². The van der Waals surface area contributed by atoms with Crippen LogP contribution in [0.3, 0.4) is 0 Å². The van der Waals surface area contributed by atoms with Crippen molar-refractivity contribution in [2.75, 3.05) is 18.5 Å². The van der Waals surface area contributed by atoms with Crippen LogP contribution < -0.4 is 5.32 Å². The van der Waals surface area contributed by atoms with Gasteiger partial charge in [0.25, 0.3) is 5.91 Å². The summed E-state index contributed by atoms with van der Waals surface area (Å²) in [5.74, 6) is -1.73. The van der Waals surface area contributed by atoms with Crippen LogP contribution >= 0.6 is 11.3 Å². The minimum absolute atomic E-state index is 0.0188. The molecule has 4 rings (SSSR count). The zero-order valence-electron chi connectivity index (χ0n) is 17.0. The van der Waals surface area contributed by atoms with Gasteiger partial charge in [-0.2, -0.15) is 0 Å². The van der Waals surface area contributed by atoms with Crippen molar-refractivity contribution in [1.29, 1.82) is 0 Å². The molecule has 2 heterocycles. The molecule has 0 fully saturated rings. The maximum atomic E-state index is 12.5. The van der Waals surface area contributed by atoms with Gasteiger partial charge in [-0.1, -0.05) is 12.1 Å². The molecule has 1 aromatic carbocycles. The Morgan fingerprint density at radius 3 is 2.65 bits per heavy atom. The molecule has 0 spiro atoms. The van der Waals surface area contributed by atoms with Gasteiger partial charge in [0, 0.05) is 4.88 Å².